The molecule has 1 fully saturated rings. The molecule has 1 saturated carbocycles. The molecule has 2 aliphatic rings. The van der Waals surface area contributed by atoms with E-state index >= 15 is 0 Å². The van der Waals surface area contributed by atoms with Gasteiger partial charge in [0.25, 0.3) is 0 Å². The Bertz CT molecular complexity index is 1200. The Hall–Kier alpha value is -3.53. The average Bonchev–Trinajstić information content (AvgIpc) is 3.77. The first-order valence-electron chi connectivity index (χ1n) is 13.9. The summed E-state index contributed by atoms with van der Waals surface area (Å²) in [6, 6.07) is 8.14. The van der Waals surface area contributed by atoms with Gasteiger partial charge in [0.1, 0.15) is 35.6 Å². The molecule has 0 bridgehead atoms. The van der Waals surface area contributed by atoms with Crippen LogP contribution >= 0.6 is 0 Å². The maximum absolute atomic E-state index is 14.7. The van der Waals surface area contributed by atoms with Crippen molar-refractivity contribution in [1.82, 2.24) is 20.9 Å². The van der Waals surface area contributed by atoms with Gasteiger partial charge in [-0.1, -0.05) is 18.2 Å². The fraction of sp³-hybridized carbons (Fsp3) is 0.500. The molecular formula is C30H38F2N4O4. The predicted octanol–water partition coefficient (Wildman–Crippen LogP) is 2.74. The van der Waals surface area contributed by atoms with Gasteiger partial charge in [0.2, 0.25) is 17.7 Å². The lowest BCUT2D eigenvalue weighted by atomic mass is 10.0. The van der Waals surface area contributed by atoms with Crippen LogP contribution in [0.25, 0.3) is 0 Å². The lowest BCUT2D eigenvalue weighted by Crippen LogP contribution is -2.57. The van der Waals surface area contributed by atoms with Crippen molar-refractivity contribution in [3.05, 3.63) is 65.2 Å². The monoisotopic (exact) mass is 556 g/mol. The SMILES string of the molecule is C[C@@H]1CN[C@@H](C2CC2)C(=O)N(C)[C@H](C)C(=O)N[C@H](Cc2ccc(F)cc2)C(=O)NCCCc2c(F)cccc2O1. The number of carbonyl (C=O) groups is 3. The lowest BCUT2D eigenvalue weighted by molar-refractivity contribution is -0.141. The quantitative estimate of drug-likeness (QED) is 0.540. The van der Waals surface area contributed by atoms with Crippen molar-refractivity contribution in [3.63, 3.8) is 0 Å². The normalized spacial score (nSPS) is 25.6. The molecule has 0 unspecified atom stereocenters. The van der Waals surface area contributed by atoms with Crippen molar-refractivity contribution in [2.24, 2.45) is 5.92 Å². The summed E-state index contributed by atoms with van der Waals surface area (Å²) in [7, 11) is 1.58. The van der Waals surface area contributed by atoms with Gasteiger partial charge >= 0.3 is 0 Å². The standard InChI is InChI=1S/C30H38F2N4O4/c1-18-17-34-27(21-11-12-21)30(39)36(3)19(2)28(37)35-25(16-20-9-13-22(31)14-10-20)29(38)33-15-5-6-23-24(32)7-4-8-26(23)40-18/h4,7-10,13-14,18-19,21,25,27,34H,5-6,11-12,15-17H2,1-3H3,(H,33,38)(H,35,37)/t18-,19-,25-,27+/m1/s1. The Balaban J connectivity index is 1.58. The van der Waals surface area contributed by atoms with Crippen molar-refractivity contribution < 1.29 is 27.9 Å². The fourth-order valence-corrected chi connectivity index (χ4v) is 4.87. The summed E-state index contributed by atoms with van der Waals surface area (Å²) in [6.07, 6.45) is 2.39. The van der Waals surface area contributed by atoms with Gasteiger partial charge in [-0.15, -0.1) is 0 Å². The third kappa shape index (κ3) is 7.56. The molecule has 40 heavy (non-hydrogen) atoms. The number of nitrogens with one attached hydrogen (secondary N) is 3. The average molecular weight is 557 g/mol. The van der Waals surface area contributed by atoms with Gasteiger partial charge in [-0.3, -0.25) is 14.4 Å². The first kappa shape index (κ1) is 29.5. The topological polar surface area (TPSA) is 99.8 Å². The summed E-state index contributed by atoms with van der Waals surface area (Å²) in [5, 5.41) is 8.93. The zero-order valence-corrected chi connectivity index (χ0v) is 23.2. The van der Waals surface area contributed by atoms with E-state index < -0.39 is 35.8 Å². The Morgan fingerprint density at radius 3 is 2.42 bits per heavy atom. The van der Waals surface area contributed by atoms with Crippen LogP contribution in [0.2, 0.25) is 0 Å². The molecule has 3 amide bonds. The molecular weight excluding hydrogens is 518 g/mol. The van der Waals surface area contributed by atoms with Crippen molar-refractivity contribution in [3.8, 4) is 5.75 Å². The van der Waals surface area contributed by atoms with Gasteiger partial charge in [0.05, 0.1) is 6.04 Å². The smallest absolute Gasteiger partial charge is 0.243 e. The predicted molar refractivity (Wildman–Crippen MR) is 147 cm³/mol. The second kappa shape index (κ2) is 13.2. The van der Waals surface area contributed by atoms with Gasteiger partial charge in [-0.25, -0.2) is 8.78 Å². The van der Waals surface area contributed by atoms with E-state index in [2.05, 4.69) is 16.0 Å². The van der Waals surface area contributed by atoms with E-state index in [-0.39, 0.29) is 36.7 Å². The van der Waals surface area contributed by atoms with Crippen molar-refractivity contribution in [2.75, 3.05) is 20.1 Å². The van der Waals surface area contributed by atoms with E-state index in [9.17, 15) is 23.2 Å². The highest BCUT2D eigenvalue weighted by molar-refractivity contribution is 5.93. The molecule has 0 spiro atoms. The van der Waals surface area contributed by atoms with E-state index in [4.69, 9.17) is 4.74 Å². The van der Waals surface area contributed by atoms with Crippen LogP contribution < -0.4 is 20.7 Å². The molecule has 10 heteroatoms. The number of carbonyl (C=O) groups excluding carboxylic acids is 3. The minimum Gasteiger partial charge on any atom is -0.489 e. The lowest BCUT2D eigenvalue weighted by Gasteiger charge is -2.31. The summed E-state index contributed by atoms with van der Waals surface area (Å²) in [5.41, 5.74) is 1.09. The Labute approximate surface area is 233 Å². The second-order valence-corrected chi connectivity index (χ2v) is 10.8. The zero-order valence-electron chi connectivity index (χ0n) is 23.2. The molecule has 1 aliphatic heterocycles. The third-order valence-corrected chi connectivity index (χ3v) is 7.59. The zero-order chi connectivity index (χ0) is 28.8. The number of amides is 3. The minimum absolute atomic E-state index is 0.137. The third-order valence-electron chi connectivity index (χ3n) is 7.59. The number of benzene rings is 2. The van der Waals surface area contributed by atoms with Crippen LogP contribution in [0.15, 0.2) is 42.5 Å². The molecule has 0 saturated heterocycles. The number of ether oxygens (including phenoxy) is 1. The van der Waals surface area contributed by atoms with E-state index in [0.29, 0.717) is 36.3 Å². The number of hydrogen-bond acceptors (Lipinski definition) is 5. The van der Waals surface area contributed by atoms with Crippen molar-refractivity contribution >= 4 is 17.7 Å². The largest absolute Gasteiger partial charge is 0.489 e. The van der Waals surface area contributed by atoms with Crippen LogP contribution in [0.4, 0.5) is 8.78 Å². The van der Waals surface area contributed by atoms with Crippen LogP contribution in [-0.4, -0.2) is 67.0 Å². The second-order valence-electron chi connectivity index (χ2n) is 10.8. The molecule has 3 N–H and O–H groups in total. The van der Waals surface area contributed by atoms with E-state index in [0.717, 1.165) is 12.8 Å². The minimum atomic E-state index is -0.951. The highest BCUT2D eigenvalue weighted by Gasteiger charge is 2.39. The van der Waals surface area contributed by atoms with Crippen LogP contribution in [-0.2, 0) is 27.2 Å². The van der Waals surface area contributed by atoms with Crippen LogP contribution in [0.5, 0.6) is 5.75 Å². The first-order chi connectivity index (χ1) is 19.1. The van der Waals surface area contributed by atoms with Crippen LogP contribution in [0.1, 0.15) is 44.2 Å². The molecule has 4 rings (SSSR count). The molecule has 216 valence electrons. The van der Waals surface area contributed by atoms with Crippen molar-refractivity contribution in [1.29, 1.82) is 0 Å². The molecule has 4 atom stereocenters. The van der Waals surface area contributed by atoms with Crippen LogP contribution in [0.3, 0.4) is 0 Å². The number of hydrogen-bond donors (Lipinski definition) is 3. The summed E-state index contributed by atoms with van der Waals surface area (Å²) in [6.45, 7) is 4.10. The summed E-state index contributed by atoms with van der Waals surface area (Å²) in [4.78, 5) is 41.3. The summed E-state index contributed by atoms with van der Waals surface area (Å²) < 4.78 is 34.3. The van der Waals surface area contributed by atoms with Gasteiger partial charge in [-0.2, -0.15) is 0 Å². The maximum Gasteiger partial charge on any atom is 0.243 e. The molecule has 2 aromatic rings. The number of likely N-dealkylation sites (N-methyl/N-ethyl adjacent to an activating group) is 1. The van der Waals surface area contributed by atoms with E-state index in [1.54, 1.807) is 38.2 Å². The van der Waals surface area contributed by atoms with Crippen LogP contribution in [0, 0.1) is 17.6 Å². The Kier molecular flexibility index (Phi) is 9.73. The van der Waals surface area contributed by atoms with Gasteiger partial charge in [0.15, 0.2) is 0 Å². The number of rotatable bonds is 3. The number of halogens is 2. The maximum atomic E-state index is 14.7. The first-order valence-corrected chi connectivity index (χ1v) is 13.9. The van der Waals surface area contributed by atoms with Crippen molar-refractivity contribution in [2.45, 2.75) is 70.2 Å². The van der Waals surface area contributed by atoms with Gasteiger partial charge < -0.3 is 25.6 Å². The summed E-state index contributed by atoms with van der Waals surface area (Å²) in [5.74, 6) is -1.31. The van der Waals surface area contributed by atoms with E-state index in [1.807, 2.05) is 6.92 Å². The summed E-state index contributed by atoms with van der Waals surface area (Å²) >= 11 is 0. The number of nitrogens with zero attached hydrogens (tertiary/aromatic N) is 1. The number of fused-ring (bicyclic) bond motifs is 1. The highest BCUT2D eigenvalue weighted by atomic mass is 19.1. The van der Waals surface area contributed by atoms with Gasteiger partial charge in [-0.05, 0) is 75.3 Å². The Morgan fingerprint density at radius 1 is 1.00 bits per heavy atom. The fourth-order valence-electron chi connectivity index (χ4n) is 4.87. The molecule has 0 radical (unpaired) electrons. The Morgan fingerprint density at radius 2 is 1.73 bits per heavy atom. The highest BCUT2D eigenvalue weighted by Crippen LogP contribution is 2.34. The molecule has 0 aromatic heterocycles. The van der Waals surface area contributed by atoms with E-state index in [1.165, 1.54) is 23.1 Å². The molecule has 8 nitrogen and oxygen atoms in total. The molecule has 1 heterocycles. The molecule has 1 aliphatic carbocycles. The molecule has 2 aromatic carbocycles. The van der Waals surface area contributed by atoms with Gasteiger partial charge in [0, 0.05) is 32.1 Å².